The van der Waals surface area contributed by atoms with Gasteiger partial charge in [0, 0.05) is 31.7 Å². The molecule has 3 aromatic rings. The molecule has 4 rings (SSSR count). The van der Waals surface area contributed by atoms with Gasteiger partial charge < -0.3 is 9.32 Å². The van der Waals surface area contributed by atoms with E-state index in [1.807, 2.05) is 24.8 Å². The zero-order valence-corrected chi connectivity index (χ0v) is 16.7. The molecule has 1 atom stereocenters. The summed E-state index contributed by atoms with van der Waals surface area (Å²) in [6.45, 7) is 5.31. The Bertz CT molecular complexity index is 994. The summed E-state index contributed by atoms with van der Waals surface area (Å²) in [6.07, 6.45) is 5.69. The zero-order chi connectivity index (χ0) is 20.4. The lowest BCUT2D eigenvalue weighted by molar-refractivity contribution is 0.0683. The Kier molecular flexibility index (Phi) is 5.47. The van der Waals surface area contributed by atoms with E-state index in [1.165, 1.54) is 12.1 Å². The van der Waals surface area contributed by atoms with Crippen molar-refractivity contribution >= 4 is 5.91 Å². The molecule has 2 aromatic heterocycles. The first-order valence-corrected chi connectivity index (χ1v) is 10.0. The molecule has 1 aromatic carbocycles. The SMILES string of the molecule is CC(C)n1nccc1C(=O)N1CCC[C@@H](c2ncc(Cc3cccc(F)c3)o2)C1. The lowest BCUT2D eigenvalue weighted by atomic mass is 9.97. The molecular formula is C22H25FN4O2. The minimum atomic E-state index is -0.260. The van der Waals surface area contributed by atoms with Crippen molar-refractivity contribution in [3.8, 4) is 0 Å². The van der Waals surface area contributed by atoms with Gasteiger partial charge in [-0.3, -0.25) is 9.48 Å². The van der Waals surface area contributed by atoms with Crippen molar-refractivity contribution in [3.05, 3.63) is 71.5 Å². The van der Waals surface area contributed by atoms with Gasteiger partial charge in [-0.15, -0.1) is 0 Å². The summed E-state index contributed by atoms with van der Waals surface area (Å²) in [7, 11) is 0. The van der Waals surface area contributed by atoms with Crippen LogP contribution >= 0.6 is 0 Å². The lowest BCUT2D eigenvalue weighted by Crippen LogP contribution is -2.40. The van der Waals surface area contributed by atoms with E-state index in [1.54, 1.807) is 29.2 Å². The van der Waals surface area contributed by atoms with Gasteiger partial charge in [0.05, 0.1) is 12.1 Å². The molecule has 0 saturated carbocycles. The van der Waals surface area contributed by atoms with Crippen LogP contribution in [0.25, 0.3) is 0 Å². The first-order valence-electron chi connectivity index (χ1n) is 10.0. The highest BCUT2D eigenvalue weighted by Gasteiger charge is 2.30. The number of likely N-dealkylation sites (tertiary alicyclic amines) is 1. The first-order chi connectivity index (χ1) is 14.0. The van der Waals surface area contributed by atoms with E-state index in [9.17, 15) is 9.18 Å². The third-order valence-electron chi connectivity index (χ3n) is 5.28. The fourth-order valence-electron chi connectivity index (χ4n) is 3.86. The Balaban J connectivity index is 1.45. The van der Waals surface area contributed by atoms with Crippen LogP contribution in [0.15, 0.2) is 47.1 Å². The van der Waals surface area contributed by atoms with E-state index >= 15 is 0 Å². The van der Waals surface area contributed by atoms with Gasteiger partial charge >= 0.3 is 0 Å². The monoisotopic (exact) mass is 396 g/mol. The van der Waals surface area contributed by atoms with Crippen molar-refractivity contribution < 1.29 is 13.6 Å². The van der Waals surface area contributed by atoms with Crippen molar-refractivity contribution in [3.63, 3.8) is 0 Å². The Hall–Kier alpha value is -2.96. The van der Waals surface area contributed by atoms with Gasteiger partial charge in [-0.2, -0.15) is 5.10 Å². The molecule has 1 aliphatic heterocycles. The lowest BCUT2D eigenvalue weighted by Gasteiger charge is -2.31. The largest absolute Gasteiger partial charge is 0.445 e. The van der Waals surface area contributed by atoms with Crippen LogP contribution in [-0.4, -0.2) is 38.7 Å². The highest BCUT2D eigenvalue weighted by Crippen LogP contribution is 2.28. The van der Waals surface area contributed by atoms with Gasteiger partial charge in [-0.05, 0) is 50.5 Å². The van der Waals surface area contributed by atoms with Gasteiger partial charge in [0.2, 0.25) is 0 Å². The smallest absolute Gasteiger partial charge is 0.272 e. The zero-order valence-electron chi connectivity index (χ0n) is 16.7. The van der Waals surface area contributed by atoms with Crippen LogP contribution < -0.4 is 0 Å². The number of amides is 1. The minimum absolute atomic E-state index is 0.00700. The predicted molar refractivity (Wildman–Crippen MR) is 106 cm³/mol. The fraction of sp³-hybridized carbons (Fsp3) is 0.409. The summed E-state index contributed by atoms with van der Waals surface area (Å²) in [5, 5.41) is 4.27. The molecule has 0 unspecified atom stereocenters. The van der Waals surface area contributed by atoms with E-state index in [0.29, 0.717) is 30.3 Å². The first kappa shape index (κ1) is 19.4. The van der Waals surface area contributed by atoms with Crippen LogP contribution in [0.5, 0.6) is 0 Å². The topological polar surface area (TPSA) is 64.2 Å². The van der Waals surface area contributed by atoms with Gasteiger partial charge in [-0.25, -0.2) is 9.37 Å². The molecule has 6 nitrogen and oxygen atoms in total. The molecule has 1 aliphatic rings. The average molecular weight is 396 g/mol. The van der Waals surface area contributed by atoms with Crippen molar-refractivity contribution in [2.45, 2.75) is 45.1 Å². The summed E-state index contributed by atoms with van der Waals surface area (Å²) < 4.78 is 21.1. The molecule has 0 aliphatic carbocycles. The van der Waals surface area contributed by atoms with Crippen LogP contribution in [0, 0.1) is 5.82 Å². The summed E-state index contributed by atoms with van der Waals surface area (Å²) in [5.41, 5.74) is 1.45. The number of benzene rings is 1. The third kappa shape index (κ3) is 4.23. The number of piperidine rings is 1. The van der Waals surface area contributed by atoms with Gasteiger partial charge in [0.25, 0.3) is 5.91 Å². The van der Waals surface area contributed by atoms with E-state index in [-0.39, 0.29) is 23.7 Å². The summed E-state index contributed by atoms with van der Waals surface area (Å²) in [6, 6.07) is 8.38. The summed E-state index contributed by atoms with van der Waals surface area (Å²) in [5.74, 6) is 1.14. The Morgan fingerprint density at radius 2 is 2.21 bits per heavy atom. The van der Waals surface area contributed by atoms with Crippen molar-refractivity contribution in [1.29, 1.82) is 0 Å². The van der Waals surface area contributed by atoms with Crippen molar-refractivity contribution in [1.82, 2.24) is 19.7 Å². The molecule has 152 valence electrons. The maximum absolute atomic E-state index is 13.4. The van der Waals surface area contributed by atoms with Gasteiger partial charge in [0.1, 0.15) is 17.3 Å². The number of aromatic nitrogens is 3. The molecule has 29 heavy (non-hydrogen) atoms. The number of rotatable bonds is 5. The molecule has 1 amide bonds. The van der Waals surface area contributed by atoms with Gasteiger partial charge in [0.15, 0.2) is 5.89 Å². The van der Waals surface area contributed by atoms with Crippen molar-refractivity contribution in [2.75, 3.05) is 13.1 Å². The summed E-state index contributed by atoms with van der Waals surface area (Å²) >= 11 is 0. The van der Waals surface area contributed by atoms with Crippen LogP contribution in [0.1, 0.15) is 66.4 Å². The van der Waals surface area contributed by atoms with Gasteiger partial charge in [-0.1, -0.05) is 12.1 Å². The van der Waals surface area contributed by atoms with E-state index in [0.717, 1.165) is 24.9 Å². The molecular weight excluding hydrogens is 371 g/mol. The number of oxazole rings is 1. The molecule has 1 saturated heterocycles. The van der Waals surface area contributed by atoms with E-state index < -0.39 is 0 Å². The van der Waals surface area contributed by atoms with Crippen molar-refractivity contribution in [2.24, 2.45) is 0 Å². The number of carbonyl (C=O) groups excluding carboxylic acids is 1. The fourth-order valence-corrected chi connectivity index (χ4v) is 3.86. The highest BCUT2D eigenvalue weighted by molar-refractivity contribution is 5.92. The number of hydrogen-bond acceptors (Lipinski definition) is 4. The molecule has 3 heterocycles. The quantitative estimate of drug-likeness (QED) is 0.648. The molecule has 0 radical (unpaired) electrons. The normalized spacial score (nSPS) is 17.1. The number of carbonyl (C=O) groups is 1. The van der Waals surface area contributed by atoms with Crippen LogP contribution in [0.2, 0.25) is 0 Å². The van der Waals surface area contributed by atoms with E-state index in [4.69, 9.17) is 4.42 Å². The minimum Gasteiger partial charge on any atom is -0.445 e. The molecule has 1 fully saturated rings. The molecule has 7 heteroatoms. The average Bonchev–Trinajstić information content (AvgIpc) is 3.37. The second-order valence-corrected chi connectivity index (χ2v) is 7.82. The number of halogens is 1. The molecule has 0 bridgehead atoms. The number of hydrogen-bond donors (Lipinski definition) is 0. The van der Waals surface area contributed by atoms with E-state index in [2.05, 4.69) is 10.1 Å². The Labute approximate surface area is 169 Å². The highest BCUT2D eigenvalue weighted by atomic mass is 19.1. The number of nitrogens with zero attached hydrogens (tertiary/aromatic N) is 4. The summed E-state index contributed by atoms with van der Waals surface area (Å²) in [4.78, 5) is 19.3. The Morgan fingerprint density at radius 3 is 3.00 bits per heavy atom. The maximum Gasteiger partial charge on any atom is 0.272 e. The van der Waals surface area contributed by atoms with Crippen LogP contribution in [-0.2, 0) is 6.42 Å². The third-order valence-corrected chi connectivity index (χ3v) is 5.28. The second-order valence-electron chi connectivity index (χ2n) is 7.82. The molecule has 0 N–H and O–H groups in total. The maximum atomic E-state index is 13.4. The second kappa shape index (κ2) is 8.19. The Morgan fingerprint density at radius 1 is 1.34 bits per heavy atom. The van der Waals surface area contributed by atoms with Crippen LogP contribution in [0.4, 0.5) is 4.39 Å². The predicted octanol–water partition coefficient (Wildman–Crippen LogP) is 4.20. The van der Waals surface area contributed by atoms with Crippen LogP contribution in [0.3, 0.4) is 0 Å². The molecule has 0 spiro atoms. The standard InChI is InChI=1S/C22H25FN4O2/c1-15(2)27-20(8-9-25-27)22(28)26-10-4-6-17(14-26)21-24-13-19(29-21)12-16-5-3-7-18(23)11-16/h3,5,7-9,11,13,15,17H,4,6,10,12,14H2,1-2H3/t17-/m1/s1.